The van der Waals surface area contributed by atoms with E-state index >= 15 is 0 Å². The van der Waals surface area contributed by atoms with Gasteiger partial charge in [0, 0.05) is 16.6 Å². The van der Waals surface area contributed by atoms with Gasteiger partial charge < -0.3 is 5.73 Å². The molecule has 2 saturated carbocycles. The average molecular weight is 240 g/mol. The lowest BCUT2D eigenvalue weighted by atomic mass is 9.89. The second-order valence-corrected chi connectivity index (χ2v) is 5.62. The number of benzene rings is 1. The summed E-state index contributed by atoms with van der Waals surface area (Å²) in [5.41, 5.74) is 6.77. The Bertz CT molecular complexity index is 410. The fourth-order valence-electron chi connectivity index (χ4n) is 3.08. The van der Waals surface area contributed by atoms with Crippen LogP contribution in [0.5, 0.6) is 0 Å². The highest BCUT2D eigenvalue weighted by atomic mass is 35.5. The lowest BCUT2D eigenvalue weighted by Crippen LogP contribution is -2.21. The van der Waals surface area contributed by atoms with E-state index in [2.05, 4.69) is 0 Å². The van der Waals surface area contributed by atoms with Crippen molar-refractivity contribution in [3.8, 4) is 0 Å². The Morgan fingerprint density at radius 2 is 1.94 bits per heavy atom. The van der Waals surface area contributed by atoms with E-state index < -0.39 is 0 Å². The molecule has 1 aromatic rings. The molecule has 0 aromatic heterocycles. The third-order valence-corrected chi connectivity index (χ3v) is 4.34. The lowest BCUT2D eigenvalue weighted by Gasteiger charge is -2.21. The highest BCUT2D eigenvalue weighted by Crippen LogP contribution is 2.56. The summed E-state index contributed by atoms with van der Waals surface area (Å²) in [6.45, 7) is 0. The number of hydrogen-bond donors (Lipinski definition) is 1. The molecule has 0 bridgehead atoms. The van der Waals surface area contributed by atoms with Gasteiger partial charge in [-0.1, -0.05) is 17.7 Å². The van der Waals surface area contributed by atoms with Gasteiger partial charge in [-0.25, -0.2) is 4.39 Å². The SMILES string of the molecule is NC(c1ccc(Cl)cc1F)C1CC2CC2C1. The average Bonchev–Trinajstić information content (AvgIpc) is 2.85. The van der Waals surface area contributed by atoms with Crippen LogP contribution in [0.3, 0.4) is 0 Å². The molecule has 3 heteroatoms. The fourth-order valence-corrected chi connectivity index (χ4v) is 3.24. The maximum absolute atomic E-state index is 13.7. The van der Waals surface area contributed by atoms with E-state index in [4.69, 9.17) is 17.3 Å². The van der Waals surface area contributed by atoms with Crippen molar-refractivity contribution < 1.29 is 4.39 Å². The third-order valence-electron chi connectivity index (χ3n) is 4.11. The lowest BCUT2D eigenvalue weighted by molar-refractivity contribution is 0.393. The molecular weight excluding hydrogens is 225 g/mol. The first kappa shape index (κ1) is 10.5. The molecule has 0 saturated heterocycles. The van der Waals surface area contributed by atoms with Gasteiger partial charge in [-0.05, 0) is 49.1 Å². The molecule has 86 valence electrons. The van der Waals surface area contributed by atoms with Crippen molar-refractivity contribution in [2.45, 2.75) is 25.3 Å². The number of fused-ring (bicyclic) bond motifs is 1. The Balaban J connectivity index is 1.80. The summed E-state index contributed by atoms with van der Waals surface area (Å²) in [5.74, 6) is 1.96. The Morgan fingerprint density at radius 1 is 1.25 bits per heavy atom. The summed E-state index contributed by atoms with van der Waals surface area (Å²) in [5, 5.41) is 0.433. The van der Waals surface area contributed by atoms with Crippen molar-refractivity contribution in [2.24, 2.45) is 23.5 Å². The maximum atomic E-state index is 13.7. The first-order valence-corrected chi connectivity index (χ1v) is 6.23. The quantitative estimate of drug-likeness (QED) is 0.840. The van der Waals surface area contributed by atoms with Crippen molar-refractivity contribution >= 4 is 11.6 Å². The van der Waals surface area contributed by atoms with Crippen LogP contribution < -0.4 is 5.73 Å². The molecule has 2 aliphatic rings. The molecule has 1 nitrogen and oxygen atoms in total. The smallest absolute Gasteiger partial charge is 0.129 e. The molecule has 0 spiro atoms. The standard InChI is InChI=1S/C13H15ClFN/c14-10-1-2-11(12(15)6-10)13(16)9-4-7-3-8(7)5-9/h1-2,6-9,13H,3-5,16H2. The van der Waals surface area contributed by atoms with Crippen LogP contribution in [0.2, 0.25) is 5.02 Å². The summed E-state index contributed by atoms with van der Waals surface area (Å²) in [6.07, 6.45) is 3.72. The van der Waals surface area contributed by atoms with Gasteiger partial charge in [0.1, 0.15) is 5.82 Å². The van der Waals surface area contributed by atoms with Gasteiger partial charge in [-0.3, -0.25) is 0 Å². The van der Waals surface area contributed by atoms with Crippen LogP contribution in [-0.2, 0) is 0 Å². The summed E-state index contributed by atoms with van der Waals surface area (Å²) in [6, 6.07) is 4.64. The zero-order chi connectivity index (χ0) is 11.3. The minimum atomic E-state index is -0.263. The second kappa shape index (κ2) is 3.71. The fraction of sp³-hybridized carbons (Fsp3) is 0.538. The number of hydrogen-bond acceptors (Lipinski definition) is 1. The predicted molar refractivity (Wildman–Crippen MR) is 62.7 cm³/mol. The largest absolute Gasteiger partial charge is 0.324 e. The molecule has 2 N–H and O–H groups in total. The topological polar surface area (TPSA) is 26.0 Å². The molecule has 16 heavy (non-hydrogen) atoms. The first-order valence-electron chi connectivity index (χ1n) is 5.85. The molecule has 3 unspecified atom stereocenters. The zero-order valence-corrected chi connectivity index (χ0v) is 9.75. The second-order valence-electron chi connectivity index (χ2n) is 5.18. The monoisotopic (exact) mass is 239 g/mol. The van der Waals surface area contributed by atoms with E-state index in [0.29, 0.717) is 16.5 Å². The molecule has 3 atom stereocenters. The number of halogens is 2. The minimum absolute atomic E-state index is 0.162. The number of nitrogens with two attached hydrogens (primary N) is 1. The molecule has 0 amide bonds. The van der Waals surface area contributed by atoms with Crippen LogP contribution in [0, 0.1) is 23.6 Å². The van der Waals surface area contributed by atoms with Gasteiger partial charge in [-0.15, -0.1) is 0 Å². The van der Waals surface area contributed by atoms with Crippen molar-refractivity contribution in [1.82, 2.24) is 0 Å². The van der Waals surface area contributed by atoms with Gasteiger partial charge in [-0.2, -0.15) is 0 Å². The van der Waals surface area contributed by atoms with Gasteiger partial charge in [0.2, 0.25) is 0 Å². The normalized spacial score (nSPS) is 33.6. The highest BCUT2D eigenvalue weighted by molar-refractivity contribution is 6.30. The van der Waals surface area contributed by atoms with Gasteiger partial charge in [0.05, 0.1) is 0 Å². The highest BCUT2D eigenvalue weighted by Gasteiger charge is 2.47. The minimum Gasteiger partial charge on any atom is -0.324 e. The third kappa shape index (κ3) is 1.74. The van der Waals surface area contributed by atoms with Crippen LogP contribution in [0.1, 0.15) is 30.9 Å². The van der Waals surface area contributed by atoms with E-state index in [9.17, 15) is 4.39 Å². The summed E-state index contributed by atoms with van der Waals surface area (Å²) < 4.78 is 13.7. The molecule has 0 radical (unpaired) electrons. The van der Waals surface area contributed by atoms with Crippen molar-refractivity contribution in [2.75, 3.05) is 0 Å². The Hall–Kier alpha value is -0.600. The summed E-state index contributed by atoms with van der Waals surface area (Å²) in [7, 11) is 0. The molecule has 0 heterocycles. The van der Waals surface area contributed by atoms with E-state index in [0.717, 1.165) is 11.8 Å². The van der Waals surface area contributed by atoms with Crippen molar-refractivity contribution in [3.63, 3.8) is 0 Å². The van der Waals surface area contributed by atoms with E-state index in [-0.39, 0.29) is 11.9 Å². The van der Waals surface area contributed by atoms with E-state index in [1.807, 2.05) is 0 Å². The summed E-state index contributed by atoms with van der Waals surface area (Å²) in [4.78, 5) is 0. The number of rotatable bonds is 2. The van der Waals surface area contributed by atoms with Crippen LogP contribution in [0.15, 0.2) is 18.2 Å². The van der Waals surface area contributed by atoms with Crippen molar-refractivity contribution in [1.29, 1.82) is 0 Å². The van der Waals surface area contributed by atoms with Gasteiger partial charge >= 0.3 is 0 Å². The molecule has 1 aromatic carbocycles. The van der Waals surface area contributed by atoms with Crippen LogP contribution in [-0.4, -0.2) is 0 Å². The molecule has 0 aliphatic heterocycles. The maximum Gasteiger partial charge on any atom is 0.129 e. The van der Waals surface area contributed by atoms with Gasteiger partial charge in [0.15, 0.2) is 0 Å². The van der Waals surface area contributed by atoms with Crippen LogP contribution in [0.4, 0.5) is 4.39 Å². The first-order chi connectivity index (χ1) is 7.65. The Kier molecular flexibility index (Phi) is 2.45. The molecule has 3 rings (SSSR count). The molecule has 2 fully saturated rings. The molecular formula is C13H15ClFN. The summed E-state index contributed by atoms with van der Waals surface area (Å²) >= 11 is 5.73. The van der Waals surface area contributed by atoms with Crippen LogP contribution in [0.25, 0.3) is 0 Å². The van der Waals surface area contributed by atoms with Gasteiger partial charge in [0.25, 0.3) is 0 Å². The molecule has 2 aliphatic carbocycles. The Labute approximate surface area is 99.8 Å². The Morgan fingerprint density at radius 3 is 2.56 bits per heavy atom. The van der Waals surface area contributed by atoms with E-state index in [1.165, 1.54) is 25.3 Å². The predicted octanol–water partition coefficient (Wildman–Crippen LogP) is 3.53. The van der Waals surface area contributed by atoms with E-state index in [1.54, 1.807) is 12.1 Å². The van der Waals surface area contributed by atoms with Crippen molar-refractivity contribution in [3.05, 3.63) is 34.6 Å². The zero-order valence-electron chi connectivity index (χ0n) is 9.00. The van der Waals surface area contributed by atoms with Crippen LogP contribution >= 0.6 is 11.6 Å².